The van der Waals surface area contributed by atoms with Crippen LogP contribution in [0.25, 0.3) is 0 Å². The second-order valence-electron chi connectivity index (χ2n) is 6.28. The summed E-state index contributed by atoms with van der Waals surface area (Å²) in [6, 6.07) is 4.21. The summed E-state index contributed by atoms with van der Waals surface area (Å²) < 4.78 is 5.58. The van der Waals surface area contributed by atoms with E-state index in [1.54, 1.807) is 7.11 Å². The van der Waals surface area contributed by atoms with E-state index in [2.05, 4.69) is 43.2 Å². The quantitative estimate of drug-likeness (QED) is 0.887. The Morgan fingerprint density at radius 3 is 2.44 bits per heavy atom. The predicted octanol–water partition coefficient (Wildman–Crippen LogP) is 3.36. The number of hydrogen-bond acceptors (Lipinski definition) is 3. The van der Waals surface area contributed by atoms with Crippen molar-refractivity contribution in [3.8, 4) is 0 Å². The van der Waals surface area contributed by atoms with Crippen molar-refractivity contribution in [1.29, 1.82) is 0 Å². The number of pyridine rings is 1. The van der Waals surface area contributed by atoms with Crippen LogP contribution in [0.5, 0.6) is 0 Å². The topological polar surface area (TPSA) is 34.1 Å². The Balaban J connectivity index is 1.94. The number of nitrogens with one attached hydrogen (secondary N) is 1. The molecule has 1 fully saturated rings. The zero-order chi connectivity index (χ0) is 13.2. The van der Waals surface area contributed by atoms with Crippen LogP contribution in [0.1, 0.15) is 45.6 Å². The fourth-order valence-corrected chi connectivity index (χ4v) is 2.22. The summed E-state index contributed by atoms with van der Waals surface area (Å²) >= 11 is 0. The van der Waals surface area contributed by atoms with Crippen molar-refractivity contribution in [2.24, 2.45) is 0 Å². The van der Waals surface area contributed by atoms with Crippen LogP contribution in [-0.4, -0.2) is 24.2 Å². The van der Waals surface area contributed by atoms with Gasteiger partial charge in [-0.3, -0.25) is 0 Å². The summed E-state index contributed by atoms with van der Waals surface area (Å²) in [4.78, 5) is 4.47. The molecule has 100 valence electrons. The van der Waals surface area contributed by atoms with E-state index in [1.165, 1.54) is 12.0 Å². The molecule has 0 saturated heterocycles. The highest BCUT2D eigenvalue weighted by atomic mass is 16.5. The molecule has 1 aliphatic carbocycles. The third-order valence-electron chi connectivity index (χ3n) is 3.92. The van der Waals surface area contributed by atoms with Gasteiger partial charge in [-0.1, -0.05) is 26.8 Å². The molecule has 0 spiro atoms. The fraction of sp³-hybridized carbons (Fsp3) is 0.667. The maximum Gasteiger partial charge on any atom is 0.125 e. The molecule has 0 bridgehead atoms. The van der Waals surface area contributed by atoms with Gasteiger partial charge in [0.05, 0.1) is 5.60 Å². The molecule has 1 aromatic heterocycles. The van der Waals surface area contributed by atoms with Crippen LogP contribution in [-0.2, 0) is 10.2 Å². The largest absolute Gasteiger partial charge is 0.376 e. The Hall–Kier alpha value is -1.09. The van der Waals surface area contributed by atoms with Gasteiger partial charge in [0.25, 0.3) is 0 Å². The summed E-state index contributed by atoms with van der Waals surface area (Å²) in [7, 11) is 1.80. The Labute approximate surface area is 110 Å². The first-order valence-corrected chi connectivity index (χ1v) is 6.71. The summed E-state index contributed by atoms with van der Waals surface area (Å²) in [6.07, 6.45) is 5.53. The Kier molecular flexibility index (Phi) is 3.62. The van der Waals surface area contributed by atoms with Gasteiger partial charge in [0.15, 0.2) is 0 Å². The maximum atomic E-state index is 5.58. The lowest BCUT2D eigenvalue weighted by molar-refractivity contribution is -0.0601. The second-order valence-corrected chi connectivity index (χ2v) is 6.28. The number of ether oxygens (including phenoxy) is 1. The molecule has 1 heterocycles. The number of hydrogen-bond donors (Lipinski definition) is 1. The van der Waals surface area contributed by atoms with Crippen LogP contribution in [0.15, 0.2) is 18.3 Å². The Morgan fingerprint density at radius 1 is 1.33 bits per heavy atom. The summed E-state index contributed by atoms with van der Waals surface area (Å²) in [5, 5.41) is 3.38. The van der Waals surface area contributed by atoms with E-state index >= 15 is 0 Å². The van der Waals surface area contributed by atoms with Crippen LogP contribution >= 0.6 is 0 Å². The van der Waals surface area contributed by atoms with Gasteiger partial charge in [-0.2, -0.15) is 0 Å². The van der Waals surface area contributed by atoms with Crippen molar-refractivity contribution >= 4 is 5.82 Å². The van der Waals surface area contributed by atoms with Crippen LogP contribution in [0, 0.1) is 0 Å². The molecule has 0 aromatic carbocycles. The van der Waals surface area contributed by atoms with Gasteiger partial charge in [-0.05, 0) is 36.3 Å². The summed E-state index contributed by atoms with van der Waals surface area (Å²) in [5.41, 5.74) is 1.47. The van der Waals surface area contributed by atoms with Crippen LogP contribution < -0.4 is 5.32 Å². The molecule has 1 saturated carbocycles. The minimum absolute atomic E-state index is 0.0460. The molecule has 2 rings (SSSR count). The number of rotatable bonds is 4. The van der Waals surface area contributed by atoms with E-state index in [-0.39, 0.29) is 11.0 Å². The lowest BCUT2D eigenvalue weighted by Gasteiger charge is -2.40. The van der Waals surface area contributed by atoms with Crippen molar-refractivity contribution < 1.29 is 4.74 Å². The van der Waals surface area contributed by atoms with E-state index in [0.29, 0.717) is 0 Å². The predicted molar refractivity (Wildman–Crippen MR) is 75.0 cm³/mol. The van der Waals surface area contributed by atoms with Gasteiger partial charge in [0.1, 0.15) is 5.82 Å². The molecule has 3 heteroatoms. The van der Waals surface area contributed by atoms with Crippen molar-refractivity contribution in [1.82, 2.24) is 4.98 Å². The smallest absolute Gasteiger partial charge is 0.125 e. The van der Waals surface area contributed by atoms with Gasteiger partial charge in [0.2, 0.25) is 0 Å². The molecule has 0 unspecified atom stereocenters. The van der Waals surface area contributed by atoms with Crippen LogP contribution in [0.3, 0.4) is 0 Å². The van der Waals surface area contributed by atoms with Gasteiger partial charge in [-0.15, -0.1) is 0 Å². The van der Waals surface area contributed by atoms with Gasteiger partial charge in [0, 0.05) is 19.9 Å². The van der Waals surface area contributed by atoms with E-state index in [0.717, 1.165) is 25.2 Å². The zero-order valence-corrected chi connectivity index (χ0v) is 11.9. The third-order valence-corrected chi connectivity index (χ3v) is 3.92. The van der Waals surface area contributed by atoms with Gasteiger partial charge < -0.3 is 10.1 Å². The van der Waals surface area contributed by atoms with Crippen molar-refractivity contribution in [3.63, 3.8) is 0 Å². The minimum atomic E-state index is 0.0460. The average Bonchev–Trinajstić information content (AvgIpc) is 2.28. The van der Waals surface area contributed by atoms with Crippen LogP contribution in [0.2, 0.25) is 0 Å². The van der Waals surface area contributed by atoms with Crippen molar-refractivity contribution in [3.05, 3.63) is 23.9 Å². The summed E-state index contributed by atoms with van der Waals surface area (Å²) in [5.74, 6) is 0.936. The standard InChI is InChI=1S/C15H24N2O/c1-14(2,3)12-6-7-13(16-10-12)17-11-15(18-4)8-5-9-15/h6-7,10H,5,8-9,11H2,1-4H3,(H,16,17). The third kappa shape index (κ3) is 2.83. The van der Waals surface area contributed by atoms with E-state index < -0.39 is 0 Å². The Bertz CT molecular complexity index is 382. The first-order chi connectivity index (χ1) is 8.45. The first-order valence-electron chi connectivity index (χ1n) is 6.71. The molecular formula is C15H24N2O. The lowest BCUT2D eigenvalue weighted by atomic mass is 9.80. The lowest BCUT2D eigenvalue weighted by Crippen LogP contribution is -2.45. The van der Waals surface area contributed by atoms with E-state index in [1.807, 2.05) is 6.20 Å². The highest BCUT2D eigenvalue weighted by Crippen LogP contribution is 2.35. The maximum absolute atomic E-state index is 5.58. The molecular weight excluding hydrogens is 224 g/mol. The Morgan fingerprint density at radius 2 is 2.06 bits per heavy atom. The molecule has 1 N–H and O–H groups in total. The molecule has 1 aliphatic rings. The summed E-state index contributed by atoms with van der Waals surface area (Å²) in [6.45, 7) is 7.45. The molecule has 0 amide bonds. The van der Waals surface area contributed by atoms with Gasteiger partial charge in [-0.25, -0.2) is 4.98 Å². The average molecular weight is 248 g/mol. The number of anilines is 1. The number of aromatic nitrogens is 1. The molecule has 0 atom stereocenters. The molecule has 1 aromatic rings. The second kappa shape index (κ2) is 4.88. The fourth-order valence-electron chi connectivity index (χ4n) is 2.22. The normalized spacial score (nSPS) is 18.2. The highest BCUT2D eigenvalue weighted by Gasteiger charge is 2.36. The zero-order valence-electron chi connectivity index (χ0n) is 11.9. The number of methoxy groups -OCH3 is 1. The van der Waals surface area contributed by atoms with E-state index in [4.69, 9.17) is 4.74 Å². The number of nitrogens with zero attached hydrogens (tertiary/aromatic N) is 1. The molecule has 0 radical (unpaired) electrons. The van der Waals surface area contributed by atoms with E-state index in [9.17, 15) is 0 Å². The van der Waals surface area contributed by atoms with Crippen LogP contribution in [0.4, 0.5) is 5.82 Å². The molecule has 3 nitrogen and oxygen atoms in total. The highest BCUT2D eigenvalue weighted by molar-refractivity contribution is 5.37. The molecule has 0 aliphatic heterocycles. The van der Waals surface area contributed by atoms with Crippen molar-refractivity contribution in [2.45, 2.75) is 51.0 Å². The first kappa shape index (κ1) is 13.3. The van der Waals surface area contributed by atoms with Crippen molar-refractivity contribution in [2.75, 3.05) is 19.0 Å². The minimum Gasteiger partial charge on any atom is -0.376 e. The van der Waals surface area contributed by atoms with Gasteiger partial charge >= 0.3 is 0 Å². The molecule has 18 heavy (non-hydrogen) atoms. The SMILES string of the molecule is COC1(CNc2ccc(C(C)(C)C)cn2)CCC1. The monoisotopic (exact) mass is 248 g/mol.